The smallest absolute Gasteiger partial charge is 0.353 e. The minimum absolute atomic E-state index is 0.0443. The molecule has 0 saturated carbocycles. The summed E-state index contributed by atoms with van der Waals surface area (Å²) in [5.74, 6) is -2.36. The number of amides is 1. The third-order valence-electron chi connectivity index (χ3n) is 2.23. The first kappa shape index (κ1) is 13.0. The molecular formula is C11H7ClFN3O3. The van der Waals surface area contributed by atoms with Crippen molar-refractivity contribution in [3.05, 3.63) is 46.4 Å². The zero-order valence-corrected chi connectivity index (χ0v) is 10.0. The summed E-state index contributed by atoms with van der Waals surface area (Å²) in [4.78, 5) is 22.4. The van der Waals surface area contributed by atoms with Gasteiger partial charge in [-0.3, -0.25) is 9.89 Å². The molecule has 98 valence electrons. The summed E-state index contributed by atoms with van der Waals surface area (Å²) in [6, 6.07) is 4.63. The van der Waals surface area contributed by atoms with E-state index in [0.717, 1.165) is 18.2 Å². The lowest BCUT2D eigenvalue weighted by atomic mass is 10.2. The lowest BCUT2D eigenvalue weighted by Crippen LogP contribution is -2.12. The Hall–Kier alpha value is -2.41. The van der Waals surface area contributed by atoms with Crippen molar-refractivity contribution < 1.29 is 19.1 Å². The van der Waals surface area contributed by atoms with Gasteiger partial charge in [-0.25, -0.2) is 9.18 Å². The van der Waals surface area contributed by atoms with Crippen LogP contribution in [0.5, 0.6) is 0 Å². The van der Waals surface area contributed by atoms with Crippen LogP contribution in [-0.4, -0.2) is 27.2 Å². The molecule has 0 aliphatic carbocycles. The van der Waals surface area contributed by atoms with Crippen molar-refractivity contribution in [2.75, 3.05) is 5.32 Å². The molecule has 2 rings (SSSR count). The van der Waals surface area contributed by atoms with Crippen LogP contribution in [0, 0.1) is 5.82 Å². The summed E-state index contributed by atoms with van der Waals surface area (Å²) in [5, 5.41) is 16.7. The number of carbonyl (C=O) groups is 2. The third kappa shape index (κ3) is 2.89. The van der Waals surface area contributed by atoms with Crippen LogP contribution in [-0.2, 0) is 0 Å². The average molecular weight is 284 g/mol. The number of nitrogens with one attached hydrogen (secondary N) is 2. The lowest BCUT2D eigenvalue weighted by molar-refractivity contribution is 0.0690. The van der Waals surface area contributed by atoms with E-state index in [9.17, 15) is 14.0 Å². The molecule has 0 bridgehead atoms. The second-order valence-corrected chi connectivity index (χ2v) is 3.96. The van der Waals surface area contributed by atoms with Gasteiger partial charge in [0.2, 0.25) is 0 Å². The zero-order valence-electron chi connectivity index (χ0n) is 9.28. The van der Waals surface area contributed by atoms with Crippen LogP contribution in [0.4, 0.5) is 10.2 Å². The van der Waals surface area contributed by atoms with Gasteiger partial charge in [0.15, 0.2) is 5.82 Å². The van der Waals surface area contributed by atoms with E-state index in [0.29, 0.717) is 0 Å². The number of rotatable bonds is 3. The summed E-state index contributed by atoms with van der Waals surface area (Å²) in [6.45, 7) is 0. The molecule has 0 aliphatic heterocycles. The van der Waals surface area contributed by atoms with Crippen LogP contribution in [0.1, 0.15) is 20.8 Å². The highest BCUT2D eigenvalue weighted by atomic mass is 35.5. The molecule has 0 aliphatic rings. The SMILES string of the molecule is O=C(Nc1cc(C(=O)O)[nH]n1)c1ccc(F)c(Cl)c1. The van der Waals surface area contributed by atoms with E-state index in [1.165, 1.54) is 6.07 Å². The standard InChI is InChI=1S/C11H7ClFN3O3/c12-6-3-5(1-2-7(6)13)10(17)14-9-4-8(11(18)19)15-16-9/h1-4H,(H,18,19)(H2,14,15,16,17). The number of carbonyl (C=O) groups excluding carboxylic acids is 1. The Balaban J connectivity index is 2.15. The Labute approximate surface area is 111 Å². The molecule has 0 saturated heterocycles. The molecule has 19 heavy (non-hydrogen) atoms. The number of hydrogen-bond acceptors (Lipinski definition) is 3. The number of anilines is 1. The number of nitrogens with zero attached hydrogens (tertiary/aromatic N) is 1. The van der Waals surface area contributed by atoms with Gasteiger partial charge in [-0.05, 0) is 18.2 Å². The van der Waals surface area contributed by atoms with Crippen molar-refractivity contribution in [3.8, 4) is 0 Å². The molecule has 0 atom stereocenters. The summed E-state index contributed by atoms with van der Waals surface area (Å²) in [6.07, 6.45) is 0. The number of halogens is 2. The highest BCUT2D eigenvalue weighted by molar-refractivity contribution is 6.31. The molecule has 2 aromatic rings. The Morgan fingerprint density at radius 3 is 2.68 bits per heavy atom. The highest BCUT2D eigenvalue weighted by Gasteiger charge is 2.12. The van der Waals surface area contributed by atoms with E-state index in [2.05, 4.69) is 15.5 Å². The van der Waals surface area contributed by atoms with Crippen molar-refractivity contribution in [2.45, 2.75) is 0 Å². The van der Waals surface area contributed by atoms with Crippen LogP contribution in [0.2, 0.25) is 5.02 Å². The minimum Gasteiger partial charge on any atom is -0.477 e. The van der Waals surface area contributed by atoms with E-state index in [1.54, 1.807) is 0 Å². The molecule has 1 aromatic carbocycles. The van der Waals surface area contributed by atoms with Crippen molar-refractivity contribution >= 4 is 29.3 Å². The number of aromatic nitrogens is 2. The van der Waals surface area contributed by atoms with Gasteiger partial charge in [-0.1, -0.05) is 11.6 Å². The fraction of sp³-hybridized carbons (Fsp3) is 0. The number of hydrogen-bond donors (Lipinski definition) is 3. The van der Waals surface area contributed by atoms with Gasteiger partial charge in [-0.2, -0.15) is 5.10 Å². The van der Waals surface area contributed by atoms with Crippen LogP contribution in [0.25, 0.3) is 0 Å². The molecule has 0 radical (unpaired) electrons. The number of aromatic carboxylic acids is 1. The summed E-state index contributed by atoms with van der Waals surface area (Å²) in [7, 11) is 0. The Morgan fingerprint density at radius 1 is 1.37 bits per heavy atom. The average Bonchev–Trinajstić information content (AvgIpc) is 2.81. The Bertz CT molecular complexity index is 656. The van der Waals surface area contributed by atoms with Gasteiger partial charge >= 0.3 is 5.97 Å². The zero-order chi connectivity index (χ0) is 14.0. The molecule has 0 spiro atoms. The molecule has 1 heterocycles. The van der Waals surface area contributed by atoms with Gasteiger partial charge < -0.3 is 10.4 Å². The second kappa shape index (κ2) is 5.07. The number of carboxylic acid groups (broad SMARTS) is 1. The van der Waals surface area contributed by atoms with Crippen molar-refractivity contribution in [1.82, 2.24) is 10.2 Å². The monoisotopic (exact) mass is 283 g/mol. The summed E-state index contributed by atoms with van der Waals surface area (Å²) in [5.41, 5.74) is -0.0290. The first-order chi connectivity index (χ1) is 8.97. The van der Waals surface area contributed by atoms with E-state index in [4.69, 9.17) is 16.7 Å². The fourth-order valence-electron chi connectivity index (χ4n) is 1.32. The lowest BCUT2D eigenvalue weighted by Gasteiger charge is -2.02. The quantitative estimate of drug-likeness (QED) is 0.804. The molecule has 3 N–H and O–H groups in total. The summed E-state index contributed by atoms with van der Waals surface area (Å²) < 4.78 is 12.9. The maximum absolute atomic E-state index is 12.9. The van der Waals surface area contributed by atoms with E-state index < -0.39 is 17.7 Å². The molecule has 8 heteroatoms. The maximum atomic E-state index is 12.9. The summed E-state index contributed by atoms with van der Waals surface area (Å²) >= 11 is 5.55. The largest absolute Gasteiger partial charge is 0.477 e. The molecule has 0 fully saturated rings. The van der Waals surface area contributed by atoms with E-state index >= 15 is 0 Å². The Morgan fingerprint density at radius 2 is 2.11 bits per heavy atom. The van der Waals surface area contributed by atoms with Crippen molar-refractivity contribution in [2.24, 2.45) is 0 Å². The topological polar surface area (TPSA) is 95.1 Å². The van der Waals surface area contributed by atoms with Crippen LogP contribution >= 0.6 is 11.6 Å². The predicted molar refractivity (Wildman–Crippen MR) is 64.9 cm³/mol. The predicted octanol–water partition coefficient (Wildman–Crippen LogP) is 2.15. The second-order valence-electron chi connectivity index (χ2n) is 3.56. The van der Waals surface area contributed by atoms with Gasteiger partial charge in [0, 0.05) is 11.6 Å². The number of benzene rings is 1. The fourth-order valence-corrected chi connectivity index (χ4v) is 1.50. The first-order valence-corrected chi connectivity index (χ1v) is 5.40. The van der Waals surface area contributed by atoms with Gasteiger partial charge in [0.05, 0.1) is 5.02 Å². The molecule has 6 nitrogen and oxygen atoms in total. The number of H-pyrrole nitrogens is 1. The van der Waals surface area contributed by atoms with Gasteiger partial charge in [0.1, 0.15) is 11.5 Å². The minimum atomic E-state index is -1.20. The number of aromatic amines is 1. The molecular weight excluding hydrogens is 277 g/mol. The van der Waals surface area contributed by atoms with Crippen molar-refractivity contribution in [3.63, 3.8) is 0 Å². The normalized spacial score (nSPS) is 10.2. The van der Waals surface area contributed by atoms with Crippen LogP contribution in [0.15, 0.2) is 24.3 Å². The third-order valence-corrected chi connectivity index (χ3v) is 2.52. The van der Waals surface area contributed by atoms with Crippen molar-refractivity contribution in [1.29, 1.82) is 0 Å². The van der Waals surface area contributed by atoms with Gasteiger partial charge in [0.25, 0.3) is 5.91 Å². The number of carboxylic acids is 1. The highest BCUT2D eigenvalue weighted by Crippen LogP contribution is 2.17. The van der Waals surface area contributed by atoms with Crippen LogP contribution in [0.3, 0.4) is 0 Å². The maximum Gasteiger partial charge on any atom is 0.353 e. The Kier molecular flexibility index (Phi) is 3.48. The first-order valence-electron chi connectivity index (χ1n) is 5.02. The molecule has 0 unspecified atom stereocenters. The molecule has 1 amide bonds. The van der Waals surface area contributed by atoms with Crippen LogP contribution < -0.4 is 5.32 Å². The van der Waals surface area contributed by atoms with Gasteiger partial charge in [-0.15, -0.1) is 0 Å². The van der Waals surface area contributed by atoms with E-state index in [1.807, 2.05) is 0 Å². The molecule has 1 aromatic heterocycles. The van der Waals surface area contributed by atoms with E-state index in [-0.39, 0.29) is 22.1 Å².